The van der Waals surface area contributed by atoms with Crippen molar-refractivity contribution in [1.29, 1.82) is 0 Å². The van der Waals surface area contributed by atoms with Crippen molar-refractivity contribution in [3.05, 3.63) is 28.0 Å². The number of hydrogen-bond donors (Lipinski definition) is 1. The van der Waals surface area contributed by atoms with Gasteiger partial charge in [0, 0.05) is 24.5 Å². The Bertz CT molecular complexity index is 476. The molecule has 6 heteroatoms. The van der Waals surface area contributed by atoms with Crippen molar-refractivity contribution in [3.8, 4) is 0 Å². The third-order valence-electron chi connectivity index (χ3n) is 3.02. The molecule has 1 saturated heterocycles. The topological polar surface area (TPSA) is 32.3 Å². The van der Waals surface area contributed by atoms with Gasteiger partial charge in [0.15, 0.2) is 0 Å². The van der Waals surface area contributed by atoms with E-state index >= 15 is 0 Å². The molecular weight excluding hydrogens is 331 g/mol. The van der Waals surface area contributed by atoms with Crippen molar-refractivity contribution in [1.82, 2.24) is 4.90 Å². The van der Waals surface area contributed by atoms with Crippen LogP contribution in [0.4, 0.5) is 14.9 Å². The lowest BCUT2D eigenvalue weighted by atomic mass is 10.2. The van der Waals surface area contributed by atoms with Gasteiger partial charge in [-0.05, 0) is 52.7 Å². The number of carbonyl (C=O) groups excluding carboxylic acids is 1. The van der Waals surface area contributed by atoms with Crippen molar-refractivity contribution in [2.45, 2.75) is 13.3 Å². The molecule has 0 atom stereocenters. The van der Waals surface area contributed by atoms with Gasteiger partial charge in [-0.25, -0.2) is 9.18 Å². The second-order valence-corrected chi connectivity index (χ2v) is 6.54. The van der Waals surface area contributed by atoms with Gasteiger partial charge in [0.1, 0.15) is 5.82 Å². The predicted molar refractivity (Wildman–Crippen MR) is 81.4 cm³/mol. The van der Waals surface area contributed by atoms with E-state index in [0.717, 1.165) is 36.6 Å². The van der Waals surface area contributed by atoms with E-state index < -0.39 is 0 Å². The molecule has 0 aromatic heterocycles. The summed E-state index contributed by atoms with van der Waals surface area (Å²) < 4.78 is 13.7. The van der Waals surface area contributed by atoms with Crippen LogP contribution in [-0.4, -0.2) is 35.5 Å². The number of nitrogens with zero attached hydrogens (tertiary/aromatic N) is 1. The molecule has 1 heterocycles. The lowest BCUT2D eigenvalue weighted by Gasteiger charge is -2.21. The highest BCUT2D eigenvalue weighted by atomic mass is 79.9. The summed E-state index contributed by atoms with van der Waals surface area (Å²) in [5, 5.41) is 2.86. The van der Waals surface area contributed by atoms with Crippen molar-refractivity contribution >= 4 is 39.4 Å². The Balaban J connectivity index is 2.07. The molecule has 1 aromatic rings. The maximum absolute atomic E-state index is 13.3. The van der Waals surface area contributed by atoms with E-state index in [2.05, 4.69) is 21.2 Å². The largest absolute Gasteiger partial charge is 0.324 e. The first-order valence-corrected chi connectivity index (χ1v) is 8.12. The van der Waals surface area contributed by atoms with Crippen LogP contribution >= 0.6 is 27.7 Å². The zero-order chi connectivity index (χ0) is 13.8. The molecule has 1 aliphatic heterocycles. The van der Waals surface area contributed by atoms with E-state index in [1.54, 1.807) is 13.0 Å². The SMILES string of the molecule is Cc1cc(F)c(Br)cc1NC(=O)N1CCCSCC1. The van der Waals surface area contributed by atoms with E-state index in [1.165, 1.54) is 6.07 Å². The molecule has 19 heavy (non-hydrogen) atoms. The molecule has 0 aliphatic carbocycles. The van der Waals surface area contributed by atoms with Crippen LogP contribution in [0.1, 0.15) is 12.0 Å². The Morgan fingerprint density at radius 1 is 1.42 bits per heavy atom. The van der Waals surface area contributed by atoms with Crippen LogP contribution < -0.4 is 5.32 Å². The van der Waals surface area contributed by atoms with Gasteiger partial charge >= 0.3 is 6.03 Å². The highest BCUT2D eigenvalue weighted by molar-refractivity contribution is 9.10. The molecule has 3 nitrogen and oxygen atoms in total. The average molecular weight is 347 g/mol. The van der Waals surface area contributed by atoms with Crippen molar-refractivity contribution < 1.29 is 9.18 Å². The quantitative estimate of drug-likeness (QED) is 0.837. The standard InChI is InChI=1S/C13H16BrFN2OS/c1-9-7-11(15)10(14)8-12(9)16-13(18)17-3-2-5-19-6-4-17/h7-8H,2-6H2,1H3,(H,16,18). The van der Waals surface area contributed by atoms with Crippen molar-refractivity contribution in [2.24, 2.45) is 0 Å². The van der Waals surface area contributed by atoms with Crippen molar-refractivity contribution in [2.75, 3.05) is 29.9 Å². The van der Waals surface area contributed by atoms with E-state index in [1.807, 2.05) is 16.7 Å². The summed E-state index contributed by atoms with van der Waals surface area (Å²) in [5.74, 6) is 1.76. The third kappa shape index (κ3) is 3.86. The molecule has 1 aromatic carbocycles. The smallest absolute Gasteiger partial charge is 0.321 e. The number of carbonyl (C=O) groups is 1. The minimum Gasteiger partial charge on any atom is -0.324 e. The van der Waals surface area contributed by atoms with Gasteiger partial charge in [-0.1, -0.05) is 0 Å². The molecule has 2 amide bonds. The molecule has 0 radical (unpaired) electrons. The number of anilines is 1. The third-order valence-corrected chi connectivity index (χ3v) is 4.67. The Kier molecular flexibility index (Phi) is 5.10. The minimum absolute atomic E-state index is 0.107. The fourth-order valence-corrected chi connectivity index (χ4v) is 3.15. The van der Waals surface area contributed by atoms with Crippen molar-refractivity contribution in [3.63, 3.8) is 0 Å². The number of hydrogen-bond acceptors (Lipinski definition) is 2. The molecule has 0 saturated carbocycles. The van der Waals surface area contributed by atoms with Crippen LogP contribution in [0.3, 0.4) is 0 Å². The normalized spacial score (nSPS) is 16.1. The van der Waals surface area contributed by atoms with Gasteiger partial charge in [-0.15, -0.1) is 0 Å². The Morgan fingerprint density at radius 3 is 3.00 bits per heavy atom. The summed E-state index contributed by atoms with van der Waals surface area (Å²) in [6.07, 6.45) is 1.02. The first kappa shape index (κ1) is 14.7. The number of rotatable bonds is 1. The number of thioether (sulfide) groups is 1. The van der Waals surface area contributed by atoms with Gasteiger partial charge in [-0.2, -0.15) is 11.8 Å². The summed E-state index contributed by atoms with van der Waals surface area (Å²) in [4.78, 5) is 14.0. The second-order valence-electron chi connectivity index (χ2n) is 4.46. The van der Waals surface area contributed by atoms with E-state index in [4.69, 9.17) is 0 Å². The number of aryl methyl sites for hydroxylation is 1. The second kappa shape index (κ2) is 6.61. The molecular formula is C13H16BrFN2OS. The predicted octanol–water partition coefficient (Wildman–Crippen LogP) is 3.87. The zero-order valence-electron chi connectivity index (χ0n) is 10.7. The number of halogens is 2. The van der Waals surface area contributed by atoms with Crippen LogP contribution in [0.15, 0.2) is 16.6 Å². The lowest BCUT2D eigenvalue weighted by molar-refractivity contribution is 0.216. The first-order chi connectivity index (χ1) is 9.08. The maximum atomic E-state index is 13.3. The number of nitrogens with one attached hydrogen (secondary N) is 1. The van der Waals surface area contributed by atoms with E-state index in [9.17, 15) is 9.18 Å². The van der Waals surface area contributed by atoms with Crippen LogP contribution in [0, 0.1) is 12.7 Å². The zero-order valence-corrected chi connectivity index (χ0v) is 13.1. The Hall–Kier alpha value is -0.750. The summed E-state index contributed by atoms with van der Waals surface area (Å²) in [5.41, 5.74) is 1.37. The molecule has 1 fully saturated rings. The lowest BCUT2D eigenvalue weighted by Crippen LogP contribution is -2.36. The van der Waals surface area contributed by atoms with Gasteiger partial charge in [0.2, 0.25) is 0 Å². The average Bonchev–Trinajstić information content (AvgIpc) is 2.64. The molecule has 1 N–H and O–H groups in total. The Morgan fingerprint density at radius 2 is 2.21 bits per heavy atom. The molecule has 1 aliphatic rings. The number of amides is 2. The highest BCUT2D eigenvalue weighted by Gasteiger charge is 2.16. The van der Waals surface area contributed by atoms with Gasteiger partial charge in [0.25, 0.3) is 0 Å². The van der Waals surface area contributed by atoms with Gasteiger partial charge in [0.05, 0.1) is 4.47 Å². The minimum atomic E-state index is -0.318. The number of urea groups is 1. The first-order valence-electron chi connectivity index (χ1n) is 6.17. The molecule has 0 spiro atoms. The summed E-state index contributed by atoms with van der Waals surface area (Å²) in [6.45, 7) is 3.32. The van der Waals surface area contributed by atoms with Gasteiger partial charge < -0.3 is 10.2 Å². The van der Waals surface area contributed by atoms with Gasteiger partial charge in [-0.3, -0.25) is 0 Å². The van der Waals surface area contributed by atoms with Crippen LogP contribution in [0.5, 0.6) is 0 Å². The fourth-order valence-electron chi connectivity index (χ4n) is 1.92. The van der Waals surface area contributed by atoms with E-state index in [0.29, 0.717) is 10.2 Å². The summed E-state index contributed by atoms with van der Waals surface area (Å²) >= 11 is 5.01. The molecule has 0 unspecified atom stereocenters. The molecule has 0 bridgehead atoms. The number of benzene rings is 1. The summed E-state index contributed by atoms with van der Waals surface area (Å²) in [7, 11) is 0. The summed E-state index contributed by atoms with van der Waals surface area (Å²) in [6, 6.07) is 2.91. The fraction of sp³-hybridized carbons (Fsp3) is 0.462. The van der Waals surface area contributed by atoms with E-state index in [-0.39, 0.29) is 11.8 Å². The maximum Gasteiger partial charge on any atom is 0.321 e. The molecule has 104 valence electrons. The van der Waals surface area contributed by atoms with Crippen LogP contribution in [-0.2, 0) is 0 Å². The molecule has 2 rings (SSSR count). The highest BCUT2D eigenvalue weighted by Crippen LogP contribution is 2.24. The monoisotopic (exact) mass is 346 g/mol. The Labute approximate surface area is 125 Å². The van der Waals surface area contributed by atoms with Crippen LogP contribution in [0.2, 0.25) is 0 Å². The van der Waals surface area contributed by atoms with Crippen LogP contribution in [0.25, 0.3) is 0 Å².